The SMILES string of the molecule is CCOC(=O)C(C)O[C@@H](Cc1ccc(-c2cccc(Cl)c2)cc1)C(=O)Nc1nn[nH]n1. The zero-order valence-corrected chi connectivity index (χ0v) is 17.8. The Bertz CT molecular complexity index is 1010. The third-order valence-electron chi connectivity index (χ3n) is 4.39. The molecule has 0 aliphatic carbocycles. The van der Waals surface area contributed by atoms with Crippen molar-refractivity contribution < 1.29 is 19.1 Å². The van der Waals surface area contributed by atoms with Crippen molar-refractivity contribution in [3.05, 3.63) is 59.1 Å². The number of aromatic amines is 1. The van der Waals surface area contributed by atoms with Crippen LogP contribution in [0.2, 0.25) is 5.02 Å². The van der Waals surface area contributed by atoms with E-state index in [4.69, 9.17) is 21.1 Å². The molecule has 162 valence electrons. The van der Waals surface area contributed by atoms with Crippen LogP contribution in [-0.2, 0) is 25.5 Å². The van der Waals surface area contributed by atoms with Crippen LogP contribution in [0.5, 0.6) is 0 Å². The fraction of sp³-hybridized carbons (Fsp3) is 0.286. The van der Waals surface area contributed by atoms with Gasteiger partial charge in [-0.3, -0.25) is 10.1 Å². The summed E-state index contributed by atoms with van der Waals surface area (Å²) in [5.41, 5.74) is 2.81. The Labute approximate surface area is 184 Å². The van der Waals surface area contributed by atoms with Gasteiger partial charge >= 0.3 is 5.97 Å². The van der Waals surface area contributed by atoms with E-state index in [1.807, 2.05) is 48.5 Å². The van der Waals surface area contributed by atoms with E-state index in [-0.39, 0.29) is 19.0 Å². The highest BCUT2D eigenvalue weighted by Crippen LogP contribution is 2.23. The third kappa shape index (κ3) is 6.34. The van der Waals surface area contributed by atoms with E-state index in [1.165, 1.54) is 6.92 Å². The van der Waals surface area contributed by atoms with Crippen molar-refractivity contribution in [2.45, 2.75) is 32.5 Å². The molecule has 1 amide bonds. The highest BCUT2D eigenvalue weighted by atomic mass is 35.5. The highest BCUT2D eigenvalue weighted by Gasteiger charge is 2.27. The first-order chi connectivity index (χ1) is 15.0. The molecular formula is C21H22ClN5O4. The predicted molar refractivity (Wildman–Crippen MR) is 114 cm³/mol. The largest absolute Gasteiger partial charge is 0.464 e. The average molecular weight is 444 g/mol. The van der Waals surface area contributed by atoms with E-state index in [9.17, 15) is 9.59 Å². The number of carbonyl (C=O) groups excluding carboxylic acids is 2. The van der Waals surface area contributed by atoms with Crippen LogP contribution in [0.3, 0.4) is 0 Å². The van der Waals surface area contributed by atoms with E-state index >= 15 is 0 Å². The number of rotatable bonds is 9. The number of aromatic nitrogens is 4. The summed E-state index contributed by atoms with van der Waals surface area (Å²) in [5.74, 6) is -1.04. The summed E-state index contributed by atoms with van der Waals surface area (Å²) in [6.07, 6.45) is -1.68. The lowest BCUT2D eigenvalue weighted by Crippen LogP contribution is -2.38. The molecule has 2 atom stereocenters. The van der Waals surface area contributed by atoms with Crippen LogP contribution in [0.25, 0.3) is 11.1 Å². The van der Waals surface area contributed by atoms with Crippen molar-refractivity contribution in [3.8, 4) is 11.1 Å². The van der Waals surface area contributed by atoms with E-state index < -0.39 is 24.1 Å². The van der Waals surface area contributed by atoms with Gasteiger partial charge in [0.25, 0.3) is 11.9 Å². The quantitative estimate of drug-likeness (QED) is 0.488. The molecule has 0 aliphatic rings. The fourth-order valence-corrected chi connectivity index (χ4v) is 3.08. The summed E-state index contributed by atoms with van der Waals surface area (Å²) in [5, 5.41) is 16.2. The smallest absolute Gasteiger partial charge is 0.334 e. The molecule has 0 saturated carbocycles. The molecule has 0 saturated heterocycles. The Morgan fingerprint density at radius 2 is 1.94 bits per heavy atom. The second-order valence-corrected chi connectivity index (χ2v) is 7.09. The van der Waals surface area contributed by atoms with Gasteiger partial charge in [-0.1, -0.05) is 53.1 Å². The zero-order valence-electron chi connectivity index (χ0n) is 17.0. The summed E-state index contributed by atoms with van der Waals surface area (Å²) in [7, 11) is 0. The van der Waals surface area contributed by atoms with Crippen molar-refractivity contribution in [3.63, 3.8) is 0 Å². The molecule has 1 unspecified atom stereocenters. The Morgan fingerprint density at radius 3 is 2.58 bits per heavy atom. The molecule has 31 heavy (non-hydrogen) atoms. The molecule has 0 spiro atoms. The van der Waals surface area contributed by atoms with Gasteiger partial charge in [0.05, 0.1) is 6.61 Å². The van der Waals surface area contributed by atoms with Crippen molar-refractivity contribution in [2.24, 2.45) is 0 Å². The number of halogens is 1. The maximum Gasteiger partial charge on any atom is 0.334 e. The monoisotopic (exact) mass is 443 g/mol. The second kappa shape index (κ2) is 10.6. The Balaban J connectivity index is 1.75. The van der Waals surface area contributed by atoms with Crippen LogP contribution in [-0.4, -0.2) is 51.3 Å². The number of amides is 1. The molecule has 10 heteroatoms. The lowest BCUT2D eigenvalue weighted by molar-refractivity contribution is -0.160. The minimum atomic E-state index is -0.977. The number of carbonyl (C=O) groups is 2. The summed E-state index contributed by atoms with van der Waals surface area (Å²) >= 11 is 6.07. The Kier molecular flexibility index (Phi) is 7.69. The number of H-pyrrole nitrogens is 1. The minimum absolute atomic E-state index is 0.0127. The van der Waals surface area contributed by atoms with Crippen molar-refractivity contribution >= 4 is 29.4 Å². The summed E-state index contributed by atoms with van der Waals surface area (Å²) < 4.78 is 10.7. The van der Waals surface area contributed by atoms with Gasteiger partial charge in [-0.05, 0) is 47.9 Å². The molecule has 0 bridgehead atoms. The molecule has 3 aromatic rings. The zero-order chi connectivity index (χ0) is 22.2. The molecule has 1 aromatic heterocycles. The van der Waals surface area contributed by atoms with Crippen LogP contribution >= 0.6 is 11.6 Å². The topological polar surface area (TPSA) is 119 Å². The first-order valence-electron chi connectivity index (χ1n) is 9.67. The lowest BCUT2D eigenvalue weighted by atomic mass is 10.0. The van der Waals surface area contributed by atoms with Gasteiger partial charge in [0.2, 0.25) is 0 Å². The Morgan fingerprint density at radius 1 is 1.16 bits per heavy atom. The van der Waals surface area contributed by atoms with E-state index in [1.54, 1.807) is 6.92 Å². The number of nitrogens with zero attached hydrogens (tertiary/aromatic N) is 3. The van der Waals surface area contributed by atoms with Crippen molar-refractivity contribution in [1.29, 1.82) is 0 Å². The summed E-state index contributed by atoms with van der Waals surface area (Å²) in [4.78, 5) is 24.7. The molecule has 2 N–H and O–H groups in total. The van der Waals surface area contributed by atoms with Crippen molar-refractivity contribution in [2.75, 3.05) is 11.9 Å². The van der Waals surface area contributed by atoms with Gasteiger partial charge in [-0.25, -0.2) is 4.79 Å². The summed E-state index contributed by atoms with van der Waals surface area (Å²) in [6, 6.07) is 15.2. The third-order valence-corrected chi connectivity index (χ3v) is 4.63. The van der Waals surface area contributed by atoms with Crippen LogP contribution in [0.15, 0.2) is 48.5 Å². The van der Waals surface area contributed by atoms with Crippen LogP contribution in [0.4, 0.5) is 5.95 Å². The van der Waals surface area contributed by atoms with Gasteiger partial charge in [0, 0.05) is 11.4 Å². The molecule has 3 rings (SSSR count). The fourth-order valence-electron chi connectivity index (χ4n) is 2.89. The first-order valence-corrected chi connectivity index (χ1v) is 10.1. The van der Waals surface area contributed by atoms with E-state index in [2.05, 4.69) is 25.9 Å². The molecule has 0 aliphatic heterocycles. The van der Waals surface area contributed by atoms with Crippen LogP contribution in [0, 0.1) is 0 Å². The normalized spacial score (nSPS) is 12.7. The van der Waals surface area contributed by atoms with Crippen molar-refractivity contribution in [1.82, 2.24) is 20.6 Å². The van der Waals surface area contributed by atoms with Crippen LogP contribution in [0.1, 0.15) is 19.4 Å². The maximum atomic E-state index is 12.7. The van der Waals surface area contributed by atoms with Gasteiger partial charge < -0.3 is 9.47 Å². The van der Waals surface area contributed by atoms with Gasteiger partial charge in [0.15, 0.2) is 6.10 Å². The molecule has 0 fully saturated rings. The number of hydrogen-bond donors (Lipinski definition) is 2. The molecule has 0 radical (unpaired) electrons. The van der Waals surface area contributed by atoms with E-state index in [0.717, 1.165) is 16.7 Å². The standard InChI is InChI=1S/C21H22ClN5O4/c1-3-30-20(29)13(2)31-18(19(28)23-21-24-26-27-25-21)11-14-7-9-15(10-8-14)16-5-4-6-17(22)12-16/h4-10,12-13,18H,3,11H2,1-2H3,(H2,23,24,25,26,27,28)/t13?,18-/m0/s1. The predicted octanol–water partition coefficient (Wildman–Crippen LogP) is 3.04. The Hall–Kier alpha value is -3.30. The molecule has 1 heterocycles. The highest BCUT2D eigenvalue weighted by molar-refractivity contribution is 6.30. The van der Waals surface area contributed by atoms with Gasteiger partial charge in [-0.2, -0.15) is 5.21 Å². The van der Waals surface area contributed by atoms with Gasteiger partial charge in [0.1, 0.15) is 6.10 Å². The number of anilines is 1. The molecule has 9 nitrogen and oxygen atoms in total. The van der Waals surface area contributed by atoms with Crippen LogP contribution < -0.4 is 5.32 Å². The second-order valence-electron chi connectivity index (χ2n) is 6.66. The number of benzene rings is 2. The first kappa shape index (κ1) is 22.4. The van der Waals surface area contributed by atoms with E-state index in [0.29, 0.717) is 5.02 Å². The number of esters is 1. The number of ether oxygens (including phenoxy) is 2. The molecule has 2 aromatic carbocycles. The maximum absolute atomic E-state index is 12.7. The summed E-state index contributed by atoms with van der Waals surface area (Å²) in [6.45, 7) is 3.46. The average Bonchev–Trinajstić information content (AvgIpc) is 3.27. The lowest BCUT2D eigenvalue weighted by Gasteiger charge is -2.20. The number of nitrogens with one attached hydrogen (secondary N) is 2. The molecular weight excluding hydrogens is 422 g/mol. The number of hydrogen-bond acceptors (Lipinski definition) is 7. The number of tetrazole rings is 1. The minimum Gasteiger partial charge on any atom is -0.464 e. The van der Waals surface area contributed by atoms with Gasteiger partial charge in [-0.15, -0.1) is 5.10 Å².